The van der Waals surface area contributed by atoms with E-state index in [9.17, 15) is 15.0 Å². The number of rotatable bonds is 5. The minimum Gasteiger partial charge on any atom is -0.507 e. The number of carbonyl (C=O) groups is 1. The predicted octanol–water partition coefficient (Wildman–Crippen LogP) is 1.20. The Kier molecular flexibility index (Phi) is 4.97. The van der Waals surface area contributed by atoms with Gasteiger partial charge >= 0.3 is 0 Å². The number of carbonyl (C=O) groups excluding carboxylic acids is 1. The Morgan fingerprint density at radius 1 is 1.33 bits per heavy atom. The van der Waals surface area contributed by atoms with Crippen LogP contribution in [0.3, 0.4) is 0 Å². The fourth-order valence-electron chi connectivity index (χ4n) is 1.80. The van der Waals surface area contributed by atoms with Crippen LogP contribution in [0.4, 0.5) is 0 Å². The average Bonchev–Trinajstić information content (AvgIpc) is 2.27. The molecule has 0 radical (unpaired) electrons. The second-order valence-corrected chi connectivity index (χ2v) is 4.71. The lowest BCUT2D eigenvalue weighted by atomic mass is 10.0. The summed E-state index contributed by atoms with van der Waals surface area (Å²) in [4.78, 5) is 12.0. The predicted molar refractivity (Wildman–Crippen MR) is 69.5 cm³/mol. The number of aromatic hydroxyl groups is 2. The summed E-state index contributed by atoms with van der Waals surface area (Å²) in [5, 5.41) is 21.9. The van der Waals surface area contributed by atoms with Gasteiger partial charge in [-0.05, 0) is 24.5 Å². The third-order valence-corrected chi connectivity index (χ3v) is 2.62. The summed E-state index contributed by atoms with van der Waals surface area (Å²) in [6, 6.07) is 4.01. The van der Waals surface area contributed by atoms with Crippen LogP contribution in [0.15, 0.2) is 18.2 Å². The molecule has 0 spiro atoms. The quantitative estimate of drug-likeness (QED) is 0.633. The number of benzene rings is 1. The average molecular weight is 252 g/mol. The molecule has 0 aromatic heterocycles. The van der Waals surface area contributed by atoms with Gasteiger partial charge in [0.25, 0.3) is 5.91 Å². The number of phenolic OH excluding ortho intramolecular Hbond substituents is 2. The Balaban J connectivity index is 2.81. The van der Waals surface area contributed by atoms with E-state index >= 15 is 0 Å². The van der Waals surface area contributed by atoms with Gasteiger partial charge in [-0.2, -0.15) is 0 Å². The lowest BCUT2D eigenvalue weighted by Gasteiger charge is -2.19. The normalized spacial score (nSPS) is 12.4. The van der Waals surface area contributed by atoms with Crippen LogP contribution in [0, 0.1) is 5.92 Å². The first-order chi connectivity index (χ1) is 8.45. The highest BCUT2D eigenvalue weighted by molar-refractivity contribution is 5.99. The molecule has 100 valence electrons. The van der Waals surface area contributed by atoms with Crippen molar-refractivity contribution in [2.24, 2.45) is 11.7 Å². The molecular weight excluding hydrogens is 232 g/mol. The molecule has 5 heteroatoms. The Morgan fingerprint density at radius 2 is 1.89 bits per heavy atom. The zero-order valence-corrected chi connectivity index (χ0v) is 10.7. The molecule has 0 saturated heterocycles. The van der Waals surface area contributed by atoms with Crippen molar-refractivity contribution in [2.45, 2.75) is 26.3 Å². The van der Waals surface area contributed by atoms with Gasteiger partial charge in [0.05, 0.1) is 0 Å². The summed E-state index contributed by atoms with van der Waals surface area (Å²) >= 11 is 0. The van der Waals surface area contributed by atoms with Crippen molar-refractivity contribution in [3.63, 3.8) is 0 Å². The van der Waals surface area contributed by atoms with Crippen LogP contribution in [0.5, 0.6) is 11.5 Å². The van der Waals surface area contributed by atoms with Crippen LogP contribution in [-0.2, 0) is 0 Å². The minimum absolute atomic E-state index is 0.111. The molecule has 0 aliphatic rings. The highest BCUT2D eigenvalue weighted by atomic mass is 16.3. The standard InChI is InChI=1S/C13H20N2O3/c1-8(2)6-9(7-14)15-13(18)12-10(16)4-3-5-11(12)17/h3-5,8-9,16-17H,6-7,14H2,1-2H3,(H,15,18). The maximum atomic E-state index is 12.0. The van der Waals surface area contributed by atoms with Crippen LogP contribution in [0.25, 0.3) is 0 Å². The third-order valence-electron chi connectivity index (χ3n) is 2.62. The van der Waals surface area contributed by atoms with Crippen molar-refractivity contribution in [3.8, 4) is 11.5 Å². The Morgan fingerprint density at radius 3 is 2.33 bits per heavy atom. The molecule has 5 nitrogen and oxygen atoms in total. The van der Waals surface area contributed by atoms with Crippen molar-refractivity contribution in [2.75, 3.05) is 6.54 Å². The van der Waals surface area contributed by atoms with Crippen LogP contribution in [0.1, 0.15) is 30.6 Å². The molecule has 0 aliphatic carbocycles. The Bertz CT molecular complexity index is 398. The Hall–Kier alpha value is -1.75. The molecule has 1 rings (SSSR count). The van der Waals surface area contributed by atoms with E-state index in [1.54, 1.807) is 0 Å². The first-order valence-electron chi connectivity index (χ1n) is 5.97. The number of phenols is 2. The number of nitrogens with two attached hydrogens (primary N) is 1. The number of nitrogens with one attached hydrogen (secondary N) is 1. The molecule has 1 atom stereocenters. The highest BCUT2D eigenvalue weighted by Gasteiger charge is 2.19. The molecular formula is C13H20N2O3. The smallest absolute Gasteiger partial charge is 0.259 e. The third kappa shape index (κ3) is 3.63. The van der Waals surface area contributed by atoms with E-state index in [2.05, 4.69) is 5.32 Å². The largest absolute Gasteiger partial charge is 0.507 e. The maximum Gasteiger partial charge on any atom is 0.259 e. The van der Waals surface area contributed by atoms with Gasteiger partial charge in [-0.1, -0.05) is 19.9 Å². The van der Waals surface area contributed by atoms with Crippen LogP contribution in [0.2, 0.25) is 0 Å². The maximum absolute atomic E-state index is 12.0. The van der Waals surface area contributed by atoms with E-state index in [0.29, 0.717) is 12.5 Å². The summed E-state index contributed by atoms with van der Waals surface area (Å²) in [6.07, 6.45) is 0.747. The zero-order chi connectivity index (χ0) is 13.7. The second-order valence-electron chi connectivity index (χ2n) is 4.71. The molecule has 1 amide bonds. The molecule has 0 aliphatic heterocycles. The van der Waals surface area contributed by atoms with E-state index in [-0.39, 0.29) is 23.1 Å². The van der Waals surface area contributed by atoms with Crippen molar-refractivity contribution in [3.05, 3.63) is 23.8 Å². The van der Waals surface area contributed by atoms with Crippen LogP contribution < -0.4 is 11.1 Å². The van der Waals surface area contributed by atoms with E-state index in [1.807, 2.05) is 13.8 Å². The second kappa shape index (κ2) is 6.26. The van der Waals surface area contributed by atoms with E-state index in [0.717, 1.165) is 6.42 Å². The molecule has 5 N–H and O–H groups in total. The van der Waals surface area contributed by atoms with Crippen LogP contribution >= 0.6 is 0 Å². The molecule has 0 heterocycles. The highest BCUT2D eigenvalue weighted by Crippen LogP contribution is 2.26. The van der Waals surface area contributed by atoms with Crippen molar-refractivity contribution in [1.29, 1.82) is 0 Å². The fourth-order valence-corrected chi connectivity index (χ4v) is 1.80. The van der Waals surface area contributed by atoms with Gasteiger partial charge in [-0.3, -0.25) is 4.79 Å². The molecule has 0 bridgehead atoms. The van der Waals surface area contributed by atoms with Crippen molar-refractivity contribution in [1.82, 2.24) is 5.32 Å². The first kappa shape index (κ1) is 14.3. The lowest BCUT2D eigenvalue weighted by Crippen LogP contribution is -2.41. The molecule has 18 heavy (non-hydrogen) atoms. The van der Waals surface area contributed by atoms with Gasteiger partial charge in [-0.15, -0.1) is 0 Å². The monoisotopic (exact) mass is 252 g/mol. The van der Waals surface area contributed by atoms with E-state index in [1.165, 1.54) is 18.2 Å². The van der Waals surface area contributed by atoms with E-state index < -0.39 is 5.91 Å². The molecule has 1 aromatic rings. The number of amides is 1. The zero-order valence-electron chi connectivity index (χ0n) is 10.7. The topological polar surface area (TPSA) is 95.6 Å². The van der Waals surface area contributed by atoms with Gasteiger partial charge in [0.2, 0.25) is 0 Å². The van der Waals surface area contributed by atoms with Gasteiger partial charge in [0, 0.05) is 12.6 Å². The summed E-state index contributed by atoms with van der Waals surface area (Å²) in [7, 11) is 0. The Labute approximate surface area is 107 Å². The molecule has 0 fully saturated rings. The summed E-state index contributed by atoms with van der Waals surface area (Å²) in [6.45, 7) is 4.39. The lowest BCUT2D eigenvalue weighted by molar-refractivity contribution is 0.0928. The minimum atomic E-state index is -0.512. The summed E-state index contributed by atoms with van der Waals surface area (Å²) < 4.78 is 0. The number of hydrogen-bond donors (Lipinski definition) is 4. The fraction of sp³-hybridized carbons (Fsp3) is 0.462. The van der Waals surface area contributed by atoms with Gasteiger partial charge in [0.15, 0.2) is 0 Å². The van der Waals surface area contributed by atoms with Gasteiger partial charge < -0.3 is 21.3 Å². The first-order valence-corrected chi connectivity index (χ1v) is 5.97. The summed E-state index contributed by atoms with van der Waals surface area (Å²) in [5.74, 6) is -0.598. The van der Waals surface area contributed by atoms with Crippen molar-refractivity contribution >= 4 is 5.91 Å². The van der Waals surface area contributed by atoms with E-state index in [4.69, 9.17) is 5.73 Å². The molecule has 1 aromatic carbocycles. The molecule has 0 saturated carbocycles. The van der Waals surface area contributed by atoms with Gasteiger partial charge in [-0.25, -0.2) is 0 Å². The summed E-state index contributed by atoms with van der Waals surface area (Å²) in [5.41, 5.74) is 5.47. The SMILES string of the molecule is CC(C)CC(CN)NC(=O)c1c(O)cccc1O. The van der Waals surface area contributed by atoms with Crippen molar-refractivity contribution < 1.29 is 15.0 Å². The number of hydrogen-bond acceptors (Lipinski definition) is 4. The molecule has 1 unspecified atom stereocenters. The van der Waals surface area contributed by atoms with Crippen LogP contribution in [-0.4, -0.2) is 28.7 Å². The van der Waals surface area contributed by atoms with Gasteiger partial charge in [0.1, 0.15) is 17.1 Å².